The normalized spacial score (nSPS) is 26.5. The molecule has 0 bridgehead atoms. The van der Waals surface area contributed by atoms with Crippen molar-refractivity contribution in [1.82, 2.24) is 10.6 Å². The molecule has 1 heterocycles. The second-order valence-electron chi connectivity index (χ2n) is 6.32. The van der Waals surface area contributed by atoms with Crippen molar-refractivity contribution in [1.29, 1.82) is 0 Å². The highest BCUT2D eigenvalue weighted by molar-refractivity contribution is 6.34. The number of carbonyl (C=O) groups is 2. The highest BCUT2D eigenvalue weighted by Gasteiger charge is 2.31. The topological polar surface area (TPSA) is 108 Å². The van der Waals surface area contributed by atoms with Crippen molar-refractivity contribution in [2.24, 2.45) is 11.7 Å². The van der Waals surface area contributed by atoms with Gasteiger partial charge in [0.15, 0.2) is 0 Å². The summed E-state index contributed by atoms with van der Waals surface area (Å²) in [5.41, 5.74) is 6.76. The van der Waals surface area contributed by atoms with Gasteiger partial charge in [-0.15, -0.1) is 0 Å². The predicted molar refractivity (Wildman–Crippen MR) is 91.2 cm³/mol. The van der Waals surface area contributed by atoms with Crippen LogP contribution in [0.1, 0.15) is 23.2 Å². The molecular weight excluding hydrogens is 332 g/mol. The predicted octanol–water partition coefficient (Wildman–Crippen LogP) is 0.698. The minimum atomic E-state index is -0.490. The number of halogens is 1. The first-order valence-corrected chi connectivity index (χ1v) is 8.40. The summed E-state index contributed by atoms with van der Waals surface area (Å²) in [7, 11) is 0. The maximum atomic E-state index is 12.4. The lowest BCUT2D eigenvalue weighted by Crippen LogP contribution is -2.33. The van der Waals surface area contributed by atoms with E-state index in [1.807, 2.05) is 0 Å². The molecule has 2 fully saturated rings. The van der Waals surface area contributed by atoms with E-state index >= 15 is 0 Å². The second-order valence-corrected chi connectivity index (χ2v) is 6.72. The number of amides is 3. The van der Waals surface area contributed by atoms with Gasteiger partial charge in [-0.3, -0.25) is 9.69 Å². The Labute approximate surface area is 145 Å². The molecule has 3 rings (SSSR count). The monoisotopic (exact) mass is 352 g/mol. The van der Waals surface area contributed by atoms with Crippen LogP contribution in [0.5, 0.6) is 0 Å². The summed E-state index contributed by atoms with van der Waals surface area (Å²) in [5, 5.41) is 15.7. The molecule has 1 aliphatic carbocycles. The van der Waals surface area contributed by atoms with Gasteiger partial charge in [-0.1, -0.05) is 11.6 Å². The molecule has 1 saturated carbocycles. The first-order chi connectivity index (χ1) is 11.5. The summed E-state index contributed by atoms with van der Waals surface area (Å²) in [4.78, 5) is 25.7. The largest absolute Gasteiger partial charge is 0.393 e. The third-order valence-corrected chi connectivity index (χ3v) is 4.91. The first kappa shape index (κ1) is 17.0. The van der Waals surface area contributed by atoms with Gasteiger partial charge in [0, 0.05) is 37.3 Å². The van der Waals surface area contributed by atoms with E-state index in [9.17, 15) is 14.7 Å². The first-order valence-electron chi connectivity index (χ1n) is 8.02. The maximum Gasteiger partial charge on any atom is 0.321 e. The molecule has 0 unspecified atom stereocenters. The molecule has 130 valence electrons. The number of anilines is 1. The molecule has 1 aromatic rings. The summed E-state index contributed by atoms with van der Waals surface area (Å²) in [6.45, 7) is 1.47. The van der Waals surface area contributed by atoms with Crippen molar-refractivity contribution in [3.63, 3.8) is 0 Å². The van der Waals surface area contributed by atoms with E-state index in [1.165, 1.54) is 0 Å². The fourth-order valence-corrected chi connectivity index (χ4v) is 3.46. The zero-order valence-corrected chi connectivity index (χ0v) is 13.9. The maximum absolute atomic E-state index is 12.4. The van der Waals surface area contributed by atoms with Gasteiger partial charge >= 0.3 is 6.03 Å². The average molecular weight is 353 g/mol. The molecule has 8 heteroatoms. The third kappa shape index (κ3) is 3.48. The van der Waals surface area contributed by atoms with Crippen LogP contribution in [0.3, 0.4) is 0 Å². The van der Waals surface area contributed by atoms with Gasteiger partial charge in [-0.25, -0.2) is 4.79 Å². The van der Waals surface area contributed by atoms with Crippen LogP contribution in [-0.4, -0.2) is 48.8 Å². The lowest BCUT2D eigenvalue weighted by molar-refractivity contribution is 0.0917. The molecule has 0 aromatic heterocycles. The third-order valence-electron chi connectivity index (χ3n) is 4.58. The van der Waals surface area contributed by atoms with Gasteiger partial charge in [0.25, 0.3) is 5.91 Å². The van der Waals surface area contributed by atoms with Crippen LogP contribution >= 0.6 is 11.6 Å². The van der Waals surface area contributed by atoms with Crippen LogP contribution in [0.15, 0.2) is 18.2 Å². The SMILES string of the molecule is N[C@H]1C[C@H](CNC(=O)c2cc(N3CCNC3=O)ccc2Cl)[C@H](O)C1. The number of nitrogens with two attached hydrogens (primary N) is 1. The number of nitrogens with zero attached hydrogens (tertiary/aromatic N) is 1. The van der Waals surface area contributed by atoms with Crippen LogP contribution in [-0.2, 0) is 0 Å². The van der Waals surface area contributed by atoms with Gasteiger partial charge in [0.1, 0.15) is 0 Å². The number of hydrogen-bond acceptors (Lipinski definition) is 4. The van der Waals surface area contributed by atoms with E-state index in [2.05, 4.69) is 10.6 Å². The second kappa shape index (κ2) is 6.96. The molecule has 3 amide bonds. The van der Waals surface area contributed by atoms with Crippen molar-refractivity contribution in [3.8, 4) is 0 Å². The van der Waals surface area contributed by atoms with Crippen LogP contribution < -0.4 is 21.3 Å². The summed E-state index contributed by atoms with van der Waals surface area (Å²) in [6, 6.07) is 4.72. The van der Waals surface area contributed by atoms with E-state index in [0.717, 1.165) is 0 Å². The van der Waals surface area contributed by atoms with Crippen molar-refractivity contribution in [3.05, 3.63) is 28.8 Å². The van der Waals surface area contributed by atoms with Gasteiger partial charge in [-0.2, -0.15) is 0 Å². The highest BCUT2D eigenvalue weighted by Crippen LogP contribution is 2.26. The van der Waals surface area contributed by atoms with Gasteiger partial charge in [-0.05, 0) is 31.0 Å². The van der Waals surface area contributed by atoms with E-state index in [1.54, 1.807) is 23.1 Å². The molecule has 1 aliphatic heterocycles. The number of aliphatic hydroxyl groups is 1. The fourth-order valence-electron chi connectivity index (χ4n) is 3.26. The zero-order valence-electron chi connectivity index (χ0n) is 13.2. The van der Waals surface area contributed by atoms with Crippen LogP contribution in [0.25, 0.3) is 0 Å². The highest BCUT2D eigenvalue weighted by atomic mass is 35.5. The Kier molecular flexibility index (Phi) is 4.93. The molecule has 0 spiro atoms. The summed E-state index contributed by atoms with van der Waals surface area (Å²) in [5.74, 6) is -0.371. The van der Waals surface area contributed by atoms with Gasteiger partial charge < -0.3 is 21.5 Å². The van der Waals surface area contributed by atoms with Gasteiger partial charge in [0.2, 0.25) is 0 Å². The summed E-state index contributed by atoms with van der Waals surface area (Å²) >= 11 is 6.13. The van der Waals surface area contributed by atoms with Crippen molar-refractivity contribution >= 4 is 29.2 Å². The minimum absolute atomic E-state index is 0.0255. The average Bonchev–Trinajstić information content (AvgIpc) is 3.10. The van der Waals surface area contributed by atoms with E-state index in [4.69, 9.17) is 17.3 Å². The number of aliphatic hydroxyl groups excluding tert-OH is 1. The fraction of sp³-hybridized carbons (Fsp3) is 0.500. The molecule has 1 saturated heterocycles. The summed E-state index contributed by atoms with van der Waals surface area (Å²) in [6.07, 6.45) is 0.750. The molecule has 24 heavy (non-hydrogen) atoms. The Morgan fingerprint density at radius 2 is 2.25 bits per heavy atom. The standard InChI is InChI=1S/C16H21ClN4O3/c17-13-2-1-11(21-4-3-19-16(21)24)7-12(13)15(23)20-8-9-5-10(18)6-14(9)22/h1-2,7,9-10,14,22H,3-6,8,18H2,(H,19,24)(H,20,23)/t9-,10+,14-/m1/s1. The van der Waals surface area contributed by atoms with Crippen LogP contribution in [0.4, 0.5) is 10.5 Å². The number of benzene rings is 1. The smallest absolute Gasteiger partial charge is 0.321 e. The number of rotatable bonds is 4. The van der Waals surface area contributed by atoms with Crippen molar-refractivity contribution < 1.29 is 14.7 Å². The molecule has 3 atom stereocenters. The van der Waals surface area contributed by atoms with Crippen LogP contribution in [0.2, 0.25) is 5.02 Å². The lowest BCUT2D eigenvalue weighted by Gasteiger charge is -2.17. The van der Waals surface area contributed by atoms with E-state index in [-0.39, 0.29) is 23.9 Å². The zero-order chi connectivity index (χ0) is 17.3. The molecule has 0 radical (unpaired) electrons. The minimum Gasteiger partial charge on any atom is -0.393 e. The Bertz CT molecular complexity index is 654. The van der Waals surface area contributed by atoms with E-state index in [0.29, 0.717) is 48.7 Å². The number of carbonyl (C=O) groups excluding carboxylic acids is 2. The molecule has 5 N–H and O–H groups in total. The molecule has 1 aromatic carbocycles. The van der Waals surface area contributed by atoms with Crippen LogP contribution in [0, 0.1) is 5.92 Å². The number of hydrogen-bond donors (Lipinski definition) is 4. The molecular formula is C16H21ClN4O3. The van der Waals surface area contributed by atoms with Crippen molar-refractivity contribution in [2.45, 2.75) is 25.0 Å². The number of urea groups is 1. The molecule has 2 aliphatic rings. The van der Waals surface area contributed by atoms with Gasteiger partial charge in [0.05, 0.1) is 16.7 Å². The Morgan fingerprint density at radius 3 is 2.88 bits per heavy atom. The quantitative estimate of drug-likeness (QED) is 0.639. The van der Waals surface area contributed by atoms with Crippen molar-refractivity contribution in [2.75, 3.05) is 24.5 Å². The number of nitrogens with one attached hydrogen (secondary N) is 2. The lowest BCUT2D eigenvalue weighted by atomic mass is 10.1. The molecule has 7 nitrogen and oxygen atoms in total. The Hall–Kier alpha value is -1.83. The Morgan fingerprint density at radius 1 is 1.46 bits per heavy atom. The Balaban J connectivity index is 1.69. The van der Waals surface area contributed by atoms with E-state index < -0.39 is 6.10 Å². The summed E-state index contributed by atoms with van der Waals surface area (Å²) < 4.78 is 0.